The Bertz CT molecular complexity index is 1000. The summed E-state index contributed by atoms with van der Waals surface area (Å²) in [6.07, 6.45) is 2.21. The normalized spacial score (nSPS) is 16.3. The molecule has 7 nitrogen and oxygen atoms in total. The van der Waals surface area contributed by atoms with Gasteiger partial charge in [0, 0.05) is 31.3 Å². The third-order valence-electron chi connectivity index (χ3n) is 4.97. The largest absolute Gasteiger partial charge is 0.488 e. The van der Waals surface area contributed by atoms with Gasteiger partial charge in [-0.15, -0.1) is 24.0 Å². The van der Waals surface area contributed by atoms with E-state index in [2.05, 4.69) is 40.7 Å². The summed E-state index contributed by atoms with van der Waals surface area (Å²) in [5.41, 5.74) is 3.14. The van der Waals surface area contributed by atoms with Gasteiger partial charge in [0.2, 0.25) is 0 Å². The van der Waals surface area contributed by atoms with E-state index in [1.807, 2.05) is 6.92 Å². The molecule has 9 heteroatoms. The van der Waals surface area contributed by atoms with Crippen molar-refractivity contribution in [2.45, 2.75) is 44.4 Å². The number of hydrogen-bond acceptors (Lipinski definition) is 5. The lowest BCUT2D eigenvalue weighted by Gasteiger charge is -2.18. The molecule has 0 saturated carbocycles. The minimum atomic E-state index is -3.20. The fraction of sp³-hybridized carbons (Fsp3) is 0.435. The van der Waals surface area contributed by atoms with Gasteiger partial charge >= 0.3 is 0 Å². The maximum absolute atomic E-state index is 11.6. The first-order chi connectivity index (χ1) is 14.8. The van der Waals surface area contributed by atoms with Crippen LogP contribution >= 0.6 is 24.0 Å². The molecule has 1 aliphatic heterocycles. The second kappa shape index (κ2) is 12.4. The van der Waals surface area contributed by atoms with Crippen LogP contribution in [0.15, 0.2) is 52.4 Å². The summed E-state index contributed by atoms with van der Waals surface area (Å²) in [6.45, 7) is 7.18. The van der Waals surface area contributed by atoms with Crippen molar-refractivity contribution < 1.29 is 17.9 Å². The molecular weight excluding hydrogens is 541 g/mol. The molecule has 1 atom stereocenters. The molecule has 0 amide bonds. The predicted octanol–water partition coefficient (Wildman–Crippen LogP) is 3.44. The van der Waals surface area contributed by atoms with E-state index in [0.29, 0.717) is 30.6 Å². The van der Waals surface area contributed by atoms with Crippen LogP contribution in [0.2, 0.25) is 0 Å². The number of rotatable bonds is 8. The zero-order valence-corrected chi connectivity index (χ0v) is 21.9. The van der Waals surface area contributed by atoms with E-state index in [-0.39, 0.29) is 30.1 Å². The molecule has 1 saturated heterocycles. The number of halogens is 1. The molecule has 176 valence electrons. The standard InChI is InChI=1S/C23H31N3O4S.HI/c1-4-24-23(25-14-18-6-9-21(10-7-18)31(3,27)28)26-15-19-8-5-17(2)13-22(19)30-20-11-12-29-16-20;/h5-10,13,20H,4,11-12,14-16H2,1-3H3,(H2,24,25,26);1H. The van der Waals surface area contributed by atoms with Crippen LogP contribution in [-0.4, -0.2) is 46.5 Å². The van der Waals surface area contributed by atoms with Gasteiger partial charge in [0.15, 0.2) is 15.8 Å². The number of nitrogens with zero attached hydrogens (tertiary/aromatic N) is 1. The maximum atomic E-state index is 11.6. The number of hydrogen-bond donors (Lipinski definition) is 2. The average Bonchev–Trinajstić information content (AvgIpc) is 3.24. The van der Waals surface area contributed by atoms with Gasteiger partial charge in [-0.1, -0.05) is 24.3 Å². The highest BCUT2D eigenvalue weighted by Gasteiger charge is 2.18. The molecule has 0 aromatic heterocycles. The van der Waals surface area contributed by atoms with Crippen LogP contribution in [-0.2, 0) is 27.7 Å². The van der Waals surface area contributed by atoms with Crippen LogP contribution in [0.4, 0.5) is 0 Å². The van der Waals surface area contributed by atoms with E-state index in [9.17, 15) is 8.42 Å². The van der Waals surface area contributed by atoms with Crippen molar-refractivity contribution in [1.82, 2.24) is 10.6 Å². The highest BCUT2D eigenvalue weighted by atomic mass is 127. The lowest BCUT2D eigenvalue weighted by molar-refractivity contribution is 0.140. The van der Waals surface area contributed by atoms with Crippen LogP contribution in [0.3, 0.4) is 0 Å². The lowest BCUT2D eigenvalue weighted by atomic mass is 10.1. The summed E-state index contributed by atoms with van der Waals surface area (Å²) >= 11 is 0. The van der Waals surface area contributed by atoms with Crippen molar-refractivity contribution in [3.63, 3.8) is 0 Å². The second-order valence-electron chi connectivity index (χ2n) is 7.68. The summed E-state index contributed by atoms with van der Waals surface area (Å²) in [6, 6.07) is 13.0. The highest BCUT2D eigenvalue weighted by Crippen LogP contribution is 2.23. The molecule has 0 bridgehead atoms. The van der Waals surface area contributed by atoms with Crippen molar-refractivity contribution in [2.75, 3.05) is 26.0 Å². The summed E-state index contributed by atoms with van der Waals surface area (Å²) in [7, 11) is -3.20. The molecule has 1 fully saturated rings. The first-order valence-corrected chi connectivity index (χ1v) is 12.4. The predicted molar refractivity (Wildman–Crippen MR) is 138 cm³/mol. The Labute approximate surface area is 207 Å². The first-order valence-electron chi connectivity index (χ1n) is 10.5. The number of sulfone groups is 1. The van der Waals surface area contributed by atoms with E-state index in [4.69, 9.17) is 9.47 Å². The summed E-state index contributed by atoms with van der Waals surface area (Å²) in [4.78, 5) is 4.94. The van der Waals surface area contributed by atoms with Crippen LogP contribution in [0, 0.1) is 6.92 Å². The molecular formula is C23H32IN3O4S. The fourth-order valence-electron chi connectivity index (χ4n) is 3.24. The van der Waals surface area contributed by atoms with Gasteiger partial charge in [-0.3, -0.25) is 0 Å². The zero-order valence-electron chi connectivity index (χ0n) is 18.8. The molecule has 0 aliphatic carbocycles. The topological polar surface area (TPSA) is 89.0 Å². The van der Waals surface area contributed by atoms with E-state index < -0.39 is 9.84 Å². The quantitative estimate of drug-likeness (QED) is 0.286. The molecule has 0 radical (unpaired) electrons. The molecule has 2 N–H and O–H groups in total. The number of nitrogens with one attached hydrogen (secondary N) is 2. The summed E-state index contributed by atoms with van der Waals surface area (Å²) in [5.74, 6) is 1.56. The SMILES string of the molecule is CCNC(=NCc1ccc(S(C)(=O)=O)cc1)NCc1ccc(C)cc1OC1CCOC1.I. The van der Waals surface area contributed by atoms with Gasteiger partial charge in [0.25, 0.3) is 0 Å². The number of guanidine groups is 1. The summed E-state index contributed by atoms with van der Waals surface area (Å²) in [5, 5.41) is 6.60. The first kappa shape index (κ1) is 26.4. The van der Waals surface area contributed by atoms with Gasteiger partial charge in [-0.05, 0) is 43.2 Å². The zero-order chi connectivity index (χ0) is 22.3. The number of ether oxygens (including phenoxy) is 2. The average molecular weight is 573 g/mol. The molecule has 0 spiro atoms. The highest BCUT2D eigenvalue weighted by molar-refractivity contribution is 14.0. The Morgan fingerprint density at radius 3 is 2.56 bits per heavy atom. The van der Waals surface area contributed by atoms with Crippen LogP contribution in [0.25, 0.3) is 0 Å². The molecule has 1 heterocycles. The lowest BCUT2D eigenvalue weighted by Crippen LogP contribution is -2.37. The summed E-state index contributed by atoms with van der Waals surface area (Å²) < 4.78 is 34.8. The van der Waals surface area contributed by atoms with Crippen LogP contribution in [0.5, 0.6) is 5.75 Å². The number of aryl methyl sites for hydroxylation is 1. The van der Waals surface area contributed by atoms with Gasteiger partial charge in [-0.25, -0.2) is 13.4 Å². The van der Waals surface area contributed by atoms with Crippen molar-refractivity contribution in [3.05, 3.63) is 59.2 Å². The third kappa shape index (κ3) is 7.93. The van der Waals surface area contributed by atoms with E-state index in [1.54, 1.807) is 24.3 Å². The molecule has 32 heavy (non-hydrogen) atoms. The van der Waals surface area contributed by atoms with Crippen molar-refractivity contribution in [3.8, 4) is 5.75 Å². The smallest absolute Gasteiger partial charge is 0.191 e. The Balaban J connectivity index is 0.00000363. The Kier molecular flexibility index (Phi) is 10.2. The minimum Gasteiger partial charge on any atom is -0.488 e. The van der Waals surface area contributed by atoms with E-state index in [1.165, 1.54) is 6.26 Å². The van der Waals surface area contributed by atoms with Crippen LogP contribution in [0.1, 0.15) is 30.0 Å². The van der Waals surface area contributed by atoms with Crippen molar-refractivity contribution >= 4 is 39.8 Å². The molecule has 1 unspecified atom stereocenters. The number of aliphatic imine (C=N–C) groups is 1. The molecule has 1 aliphatic rings. The molecule has 2 aromatic rings. The Morgan fingerprint density at radius 2 is 1.94 bits per heavy atom. The van der Waals surface area contributed by atoms with Crippen molar-refractivity contribution in [1.29, 1.82) is 0 Å². The van der Waals surface area contributed by atoms with E-state index >= 15 is 0 Å². The van der Waals surface area contributed by atoms with Gasteiger partial charge in [-0.2, -0.15) is 0 Å². The molecule has 3 rings (SSSR count). The molecule has 2 aromatic carbocycles. The van der Waals surface area contributed by atoms with Crippen molar-refractivity contribution in [2.24, 2.45) is 4.99 Å². The monoisotopic (exact) mass is 573 g/mol. The van der Waals surface area contributed by atoms with Gasteiger partial charge < -0.3 is 20.1 Å². The third-order valence-corrected chi connectivity index (χ3v) is 6.09. The maximum Gasteiger partial charge on any atom is 0.191 e. The van der Waals surface area contributed by atoms with E-state index in [0.717, 1.165) is 42.0 Å². The number of benzene rings is 2. The van der Waals surface area contributed by atoms with Gasteiger partial charge in [0.1, 0.15) is 11.9 Å². The Hall–Kier alpha value is -1.85. The Morgan fingerprint density at radius 1 is 1.19 bits per heavy atom. The second-order valence-corrected chi connectivity index (χ2v) is 9.70. The fourth-order valence-corrected chi connectivity index (χ4v) is 3.87. The minimum absolute atomic E-state index is 0. The van der Waals surface area contributed by atoms with Crippen LogP contribution < -0.4 is 15.4 Å². The van der Waals surface area contributed by atoms with Gasteiger partial charge in [0.05, 0.1) is 24.7 Å².